The van der Waals surface area contributed by atoms with Crippen LogP contribution in [0, 0.1) is 17.2 Å². The van der Waals surface area contributed by atoms with E-state index < -0.39 is 11.5 Å². The first kappa shape index (κ1) is 28.0. The molecular weight excluding hydrogens is 484 g/mol. The van der Waals surface area contributed by atoms with Crippen LogP contribution in [0.3, 0.4) is 0 Å². The van der Waals surface area contributed by atoms with Crippen molar-refractivity contribution >= 4 is 11.8 Å². The smallest absolute Gasteiger partial charge is 0.243 e. The van der Waals surface area contributed by atoms with E-state index in [1.165, 1.54) is 0 Å². The van der Waals surface area contributed by atoms with E-state index >= 15 is 0 Å². The number of aromatic nitrogens is 1. The summed E-state index contributed by atoms with van der Waals surface area (Å²) in [6, 6.07) is 27.3. The Morgan fingerprint density at radius 3 is 2.21 bits per heavy atom. The summed E-state index contributed by atoms with van der Waals surface area (Å²) in [5, 5.41) is 13.3. The van der Waals surface area contributed by atoms with Crippen molar-refractivity contribution in [3.05, 3.63) is 102 Å². The lowest BCUT2D eigenvalue weighted by Crippen LogP contribution is -2.47. The molecule has 202 valence electrons. The van der Waals surface area contributed by atoms with Gasteiger partial charge >= 0.3 is 0 Å². The van der Waals surface area contributed by atoms with Crippen molar-refractivity contribution in [2.45, 2.75) is 69.9 Å². The summed E-state index contributed by atoms with van der Waals surface area (Å²) in [5.41, 5.74) is 2.12. The Labute approximate surface area is 232 Å². The minimum atomic E-state index is -0.676. The molecule has 3 aromatic rings. The average molecular weight is 523 g/mol. The number of nitrogens with zero attached hydrogens (tertiary/aromatic N) is 3. The fraction of sp³-hybridized carbons (Fsp3) is 0.394. The molecule has 0 aliphatic carbocycles. The quantitative estimate of drug-likeness (QED) is 0.315. The second-order valence-corrected chi connectivity index (χ2v) is 10.7. The van der Waals surface area contributed by atoms with Crippen molar-refractivity contribution in [1.29, 1.82) is 5.26 Å². The van der Waals surface area contributed by atoms with Crippen LogP contribution in [0.4, 0.5) is 0 Å². The van der Waals surface area contributed by atoms with Gasteiger partial charge in [-0.05, 0) is 54.9 Å². The summed E-state index contributed by atoms with van der Waals surface area (Å²) in [4.78, 5) is 33.0. The second kappa shape index (κ2) is 13.2. The Morgan fingerprint density at radius 1 is 1.00 bits per heavy atom. The topological polar surface area (TPSA) is 86.1 Å². The largest absolute Gasteiger partial charge is 0.343 e. The number of carbonyl (C=O) groups excluding carboxylic acids is 2. The van der Waals surface area contributed by atoms with Gasteiger partial charge in [0.15, 0.2) is 0 Å². The molecule has 0 bridgehead atoms. The third kappa shape index (κ3) is 6.54. The Hall–Kier alpha value is -3.98. The van der Waals surface area contributed by atoms with Crippen LogP contribution in [0.1, 0.15) is 75.2 Å². The fourth-order valence-corrected chi connectivity index (χ4v) is 5.63. The third-order valence-electron chi connectivity index (χ3n) is 7.95. The van der Waals surface area contributed by atoms with Gasteiger partial charge in [0.2, 0.25) is 11.8 Å². The molecule has 2 heterocycles. The summed E-state index contributed by atoms with van der Waals surface area (Å²) < 4.78 is 0. The molecule has 39 heavy (non-hydrogen) atoms. The first-order valence-corrected chi connectivity index (χ1v) is 14.0. The maximum Gasteiger partial charge on any atom is 0.243 e. The van der Waals surface area contributed by atoms with Crippen LogP contribution >= 0.6 is 0 Å². The number of nitrogens with one attached hydrogen (secondary N) is 1. The molecule has 2 amide bonds. The van der Waals surface area contributed by atoms with Crippen molar-refractivity contribution < 1.29 is 9.59 Å². The molecule has 1 aliphatic rings. The standard InChI is InChI=1S/C33H38N4O2/c1-25(2)33(24-34,29-19-10-12-22-35-29)21-11-9-20-30(38)37-23-13-18-28(37)32(39)36-31(26-14-5-3-6-15-26)27-16-7-4-8-17-27/h3-8,10,12,14-17,19,22,25,28,31H,9,11,13,18,20-21,23H2,1-2H3,(H,36,39)/t28-,33?/m1/s1. The van der Waals surface area contributed by atoms with Crippen LogP contribution in [0.15, 0.2) is 85.1 Å². The number of nitriles is 1. The van der Waals surface area contributed by atoms with Crippen molar-refractivity contribution in [1.82, 2.24) is 15.2 Å². The molecule has 2 aromatic carbocycles. The van der Waals surface area contributed by atoms with E-state index in [-0.39, 0.29) is 23.8 Å². The molecule has 6 nitrogen and oxygen atoms in total. The molecule has 0 saturated carbocycles. The van der Waals surface area contributed by atoms with E-state index in [0.29, 0.717) is 32.2 Å². The van der Waals surface area contributed by atoms with E-state index in [4.69, 9.17) is 0 Å². The molecule has 6 heteroatoms. The number of unbranched alkanes of at least 4 members (excludes halogenated alkanes) is 1. The lowest BCUT2D eigenvalue weighted by atomic mass is 9.72. The van der Waals surface area contributed by atoms with Crippen molar-refractivity contribution in [3.63, 3.8) is 0 Å². The predicted octanol–water partition coefficient (Wildman–Crippen LogP) is 5.96. The van der Waals surface area contributed by atoms with Gasteiger partial charge in [0.25, 0.3) is 0 Å². The monoisotopic (exact) mass is 522 g/mol. The summed E-state index contributed by atoms with van der Waals surface area (Å²) in [5.74, 6) is -0.00693. The van der Waals surface area contributed by atoms with Crippen LogP contribution in [0.25, 0.3) is 0 Å². The highest BCUT2D eigenvalue weighted by Crippen LogP contribution is 2.36. The van der Waals surface area contributed by atoms with Gasteiger partial charge < -0.3 is 10.2 Å². The van der Waals surface area contributed by atoms with Gasteiger partial charge in [-0.3, -0.25) is 14.6 Å². The number of hydrogen-bond acceptors (Lipinski definition) is 4. The van der Waals surface area contributed by atoms with Crippen LogP contribution < -0.4 is 5.32 Å². The highest BCUT2D eigenvalue weighted by Gasteiger charge is 2.38. The SMILES string of the molecule is CC(C)C(C#N)(CCCCC(=O)N1CCC[C@@H]1C(=O)NC(c1ccccc1)c1ccccc1)c1ccccn1. The molecule has 1 aromatic heterocycles. The van der Waals surface area contributed by atoms with Crippen molar-refractivity contribution in [2.24, 2.45) is 5.92 Å². The number of carbonyl (C=O) groups is 2. The third-order valence-corrected chi connectivity index (χ3v) is 7.95. The zero-order valence-corrected chi connectivity index (χ0v) is 22.9. The molecule has 1 unspecified atom stereocenters. The highest BCUT2D eigenvalue weighted by molar-refractivity contribution is 5.88. The maximum atomic E-state index is 13.5. The van der Waals surface area contributed by atoms with E-state index in [1.54, 1.807) is 11.1 Å². The Balaban J connectivity index is 1.37. The van der Waals surface area contributed by atoms with E-state index in [0.717, 1.165) is 29.7 Å². The molecule has 0 spiro atoms. The second-order valence-electron chi connectivity index (χ2n) is 10.7. The average Bonchev–Trinajstić information content (AvgIpc) is 3.48. The number of pyridine rings is 1. The number of hydrogen-bond donors (Lipinski definition) is 1. The Bertz CT molecular complexity index is 1220. The first-order valence-electron chi connectivity index (χ1n) is 14.0. The van der Waals surface area contributed by atoms with E-state index in [9.17, 15) is 14.9 Å². The van der Waals surface area contributed by atoms with Crippen LogP contribution in [0.2, 0.25) is 0 Å². The molecule has 2 atom stereocenters. The van der Waals surface area contributed by atoms with Crippen LogP contribution in [0.5, 0.6) is 0 Å². The van der Waals surface area contributed by atoms with Crippen LogP contribution in [-0.4, -0.2) is 34.3 Å². The number of benzene rings is 2. The molecule has 1 N–H and O–H groups in total. The normalized spacial score (nSPS) is 16.6. The Kier molecular flexibility index (Phi) is 9.49. The van der Waals surface area contributed by atoms with E-state index in [1.807, 2.05) is 78.9 Å². The predicted molar refractivity (Wildman–Crippen MR) is 152 cm³/mol. The summed E-state index contributed by atoms with van der Waals surface area (Å²) >= 11 is 0. The summed E-state index contributed by atoms with van der Waals surface area (Å²) in [6.07, 6.45) is 5.63. The van der Waals surface area contributed by atoms with Crippen molar-refractivity contribution in [3.8, 4) is 6.07 Å². The van der Waals surface area contributed by atoms with Gasteiger partial charge in [0.1, 0.15) is 11.5 Å². The number of rotatable bonds is 11. The van der Waals surface area contributed by atoms with Gasteiger partial charge in [-0.1, -0.05) is 87.0 Å². The van der Waals surface area contributed by atoms with E-state index in [2.05, 4.69) is 30.2 Å². The summed E-state index contributed by atoms with van der Waals surface area (Å²) in [6.45, 7) is 4.70. The van der Waals surface area contributed by atoms with Gasteiger partial charge in [0.05, 0.1) is 17.8 Å². The molecule has 1 aliphatic heterocycles. The van der Waals surface area contributed by atoms with Gasteiger partial charge in [-0.15, -0.1) is 0 Å². The minimum absolute atomic E-state index is 0.00793. The molecule has 0 radical (unpaired) electrons. The maximum absolute atomic E-state index is 13.5. The first-order chi connectivity index (χ1) is 19.0. The fourth-order valence-electron chi connectivity index (χ4n) is 5.63. The summed E-state index contributed by atoms with van der Waals surface area (Å²) in [7, 11) is 0. The minimum Gasteiger partial charge on any atom is -0.343 e. The van der Waals surface area contributed by atoms with Gasteiger partial charge in [0, 0.05) is 19.2 Å². The highest BCUT2D eigenvalue weighted by atomic mass is 16.2. The van der Waals surface area contributed by atoms with Gasteiger partial charge in [-0.25, -0.2) is 0 Å². The molecular formula is C33H38N4O2. The van der Waals surface area contributed by atoms with Gasteiger partial charge in [-0.2, -0.15) is 5.26 Å². The zero-order chi connectivity index (χ0) is 27.7. The molecule has 4 rings (SSSR count). The molecule has 1 saturated heterocycles. The number of amides is 2. The molecule has 1 fully saturated rings. The van der Waals surface area contributed by atoms with Crippen molar-refractivity contribution in [2.75, 3.05) is 6.54 Å². The number of likely N-dealkylation sites (tertiary alicyclic amines) is 1. The lowest BCUT2D eigenvalue weighted by Gasteiger charge is -2.30. The van der Waals surface area contributed by atoms with Crippen LogP contribution in [-0.2, 0) is 15.0 Å². The zero-order valence-electron chi connectivity index (χ0n) is 22.9. The lowest BCUT2D eigenvalue weighted by molar-refractivity contribution is -0.138. The Morgan fingerprint density at radius 2 is 1.64 bits per heavy atom.